The fourth-order valence-corrected chi connectivity index (χ4v) is 3.77. The van der Waals surface area contributed by atoms with Crippen molar-refractivity contribution < 1.29 is 0 Å². The number of nitrogens with zero attached hydrogens (tertiary/aromatic N) is 7. The number of H-pyrrole nitrogens is 3. The standard InChI is InChI=1S/C24H18N10/c1-7-19(8-2-16(1)22-25-13-28-31-22)34(20-9-3-17(4-10-20)23-26-14-29-32-23)21-11-5-18(6-12-21)24-27-15-30-33-24/h1-15H,(H,25,28,31)(H,26,29,32)(H,27,30,33). The summed E-state index contributed by atoms with van der Waals surface area (Å²) in [5.74, 6) is 1.97. The third kappa shape index (κ3) is 3.69. The molecule has 0 radical (unpaired) electrons. The highest BCUT2D eigenvalue weighted by Crippen LogP contribution is 2.36. The fraction of sp³-hybridized carbons (Fsp3) is 0. The summed E-state index contributed by atoms with van der Waals surface area (Å²) in [5, 5.41) is 20.8. The van der Waals surface area contributed by atoms with Crippen LogP contribution in [0.15, 0.2) is 91.8 Å². The predicted octanol–water partition coefficient (Wildman–Crippen LogP) is 4.51. The van der Waals surface area contributed by atoms with Gasteiger partial charge in [0.25, 0.3) is 0 Å². The van der Waals surface area contributed by atoms with Crippen LogP contribution in [-0.2, 0) is 0 Å². The molecule has 0 saturated carbocycles. The molecule has 6 aromatic rings. The maximum atomic E-state index is 4.24. The van der Waals surface area contributed by atoms with Crippen molar-refractivity contribution in [2.24, 2.45) is 0 Å². The van der Waals surface area contributed by atoms with Gasteiger partial charge in [-0.3, -0.25) is 15.3 Å². The van der Waals surface area contributed by atoms with Crippen LogP contribution in [0.5, 0.6) is 0 Å². The minimum absolute atomic E-state index is 0.657. The topological polar surface area (TPSA) is 128 Å². The zero-order valence-corrected chi connectivity index (χ0v) is 17.8. The minimum atomic E-state index is 0.657. The molecular formula is C24H18N10. The molecule has 3 aromatic carbocycles. The van der Waals surface area contributed by atoms with Gasteiger partial charge < -0.3 is 4.90 Å². The summed E-state index contributed by atoms with van der Waals surface area (Å²) in [6.45, 7) is 0. The largest absolute Gasteiger partial charge is 0.311 e. The molecule has 0 unspecified atom stereocenters. The Morgan fingerprint density at radius 2 is 0.706 bits per heavy atom. The molecule has 0 aliphatic carbocycles. The average Bonchev–Trinajstić information content (AvgIpc) is 3.69. The molecule has 34 heavy (non-hydrogen) atoms. The molecule has 0 aliphatic heterocycles. The molecule has 0 aliphatic rings. The van der Waals surface area contributed by atoms with Crippen LogP contribution in [0.3, 0.4) is 0 Å². The van der Waals surface area contributed by atoms with E-state index in [9.17, 15) is 0 Å². The number of rotatable bonds is 6. The van der Waals surface area contributed by atoms with Crippen LogP contribution in [0, 0.1) is 0 Å². The van der Waals surface area contributed by atoms with E-state index in [2.05, 4.69) is 86.8 Å². The molecule has 0 saturated heterocycles. The highest BCUT2D eigenvalue weighted by Gasteiger charge is 2.15. The van der Waals surface area contributed by atoms with Crippen LogP contribution >= 0.6 is 0 Å². The van der Waals surface area contributed by atoms with Crippen molar-refractivity contribution in [1.82, 2.24) is 45.5 Å². The van der Waals surface area contributed by atoms with Gasteiger partial charge >= 0.3 is 0 Å². The summed E-state index contributed by atoms with van der Waals surface area (Å²) in [7, 11) is 0. The van der Waals surface area contributed by atoms with Gasteiger partial charge in [0.1, 0.15) is 19.0 Å². The Bertz CT molecular complexity index is 1270. The zero-order chi connectivity index (χ0) is 22.7. The molecule has 0 amide bonds. The number of aromatic nitrogens is 9. The first kappa shape index (κ1) is 19.6. The van der Waals surface area contributed by atoms with Crippen LogP contribution in [0.4, 0.5) is 17.1 Å². The maximum absolute atomic E-state index is 4.24. The van der Waals surface area contributed by atoms with Gasteiger partial charge in [0.15, 0.2) is 17.5 Å². The van der Waals surface area contributed by atoms with E-state index in [-0.39, 0.29) is 0 Å². The third-order valence-corrected chi connectivity index (χ3v) is 5.40. The Morgan fingerprint density at radius 3 is 0.941 bits per heavy atom. The summed E-state index contributed by atoms with van der Waals surface area (Å²) < 4.78 is 0. The number of hydrogen-bond donors (Lipinski definition) is 3. The van der Waals surface area contributed by atoms with Gasteiger partial charge in [-0.1, -0.05) is 0 Å². The highest BCUT2D eigenvalue weighted by molar-refractivity contribution is 5.79. The molecule has 0 fully saturated rings. The van der Waals surface area contributed by atoms with Crippen molar-refractivity contribution in [2.45, 2.75) is 0 Å². The molecule has 10 nitrogen and oxygen atoms in total. The number of aromatic amines is 3. The van der Waals surface area contributed by atoms with E-state index in [0.29, 0.717) is 17.5 Å². The summed E-state index contributed by atoms with van der Waals surface area (Å²) in [6.07, 6.45) is 4.71. The van der Waals surface area contributed by atoms with E-state index in [1.165, 1.54) is 0 Å². The second kappa shape index (κ2) is 8.43. The smallest absolute Gasteiger partial charge is 0.180 e. The molecule has 164 valence electrons. The van der Waals surface area contributed by atoms with E-state index in [0.717, 1.165) is 33.8 Å². The predicted molar refractivity (Wildman–Crippen MR) is 127 cm³/mol. The van der Waals surface area contributed by atoms with Gasteiger partial charge in [0.05, 0.1) is 0 Å². The normalized spacial score (nSPS) is 10.9. The number of hydrogen-bond acceptors (Lipinski definition) is 7. The Labute approximate surface area is 193 Å². The zero-order valence-electron chi connectivity index (χ0n) is 17.8. The van der Waals surface area contributed by atoms with Crippen LogP contribution in [0.1, 0.15) is 0 Å². The molecule has 6 rings (SSSR count). The third-order valence-electron chi connectivity index (χ3n) is 5.40. The fourth-order valence-electron chi connectivity index (χ4n) is 3.77. The van der Waals surface area contributed by atoms with Gasteiger partial charge in [-0.2, -0.15) is 15.3 Å². The average molecular weight is 446 g/mol. The monoisotopic (exact) mass is 446 g/mol. The lowest BCUT2D eigenvalue weighted by atomic mass is 10.1. The number of nitrogens with one attached hydrogen (secondary N) is 3. The lowest BCUT2D eigenvalue weighted by molar-refractivity contribution is 1.09. The van der Waals surface area contributed by atoms with Crippen LogP contribution < -0.4 is 4.90 Å². The molecular weight excluding hydrogens is 428 g/mol. The Morgan fingerprint density at radius 1 is 0.412 bits per heavy atom. The van der Waals surface area contributed by atoms with Crippen molar-refractivity contribution in [3.63, 3.8) is 0 Å². The van der Waals surface area contributed by atoms with Crippen molar-refractivity contribution in [2.75, 3.05) is 4.90 Å². The number of anilines is 3. The maximum Gasteiger partial charge on any atom is 0.180 e. The molecule has 0 bridgehead atoms. The van der Waals surface area contributed by atoms with Crippen molar-refractivity contribution in [3.05, 3.63) is 91.8 Å². The summed E-state index contributed by atoms with van der Waals surface area (Å²) in [5.41, 5.74) is 5.79. The van der Waals surface area contributed by atoms with Crippen LogP contribution in [0.25, 0.3) is 34.2 Å². The first-order valence-corrected chi connectivity index (χ1v) is 10.5. The second-order valence-corrected chi connectivity index (χ2v) is 7.44. The highest BCUT2D eigenvalue weighted by atomic mass is 15.2. The van der Waals surface area contributed by atoms with E-state index in [1.807, 2.05) is 36.4 Å². The van der Waals surface area contributed by atoms with Gasteiger partial charge in [-0.15, -0.1) is 0 Å². The van der Waals surface area contributed by atoms with E-state index < -0.39 is 0 Å². The first-order chi connectivity index (χ1) is 16.8. The summed E-state index contributed by atoms with van der Waals surface area (Å²) >= 11 is 0. The van der Waals surface area contributed by atoms with Gasteiger partial charge in [-0.05, 0) is 72.8 Å². The Hall–Kier alpha value is -5.12. The van der Waals surface area contributed by atoms with Gasteiger partial charge in [0.2, 0.25) is 0 Å². The van der Waals surface area contributed by atoms with E-state index in [1.54, 1.807) is 19.0 Å². The Kier molecular flexibility index (Phi) is 4.85. The van der Waals surface area contributed by atoms with Gasteiger partial charge in [-0.25, -0.2) is 15.0 Å². The lowest BCUT2D eigenvalue weighted by Gasteiger charge is -2.26. The van der Waals surface area contributed by atoms with Crippen molar-refractivity contribution >= 4 is 17.1 Å². The lowest BCUT2D eigenvalue weighted by Crippen LogP contribution is -2.09. The quantitative estimate of drug-likeness (QED) is 0.343. The molecule has 3 aromatic heterocycles. The van der Waals surface area contributed by atoms with E-state index >= 15 is 0 Å². The van der Waals surface area contributed by atoms with Crippen molar-refractivity contribution in [1.29, 1.82) is 0 Å². The molecule has 10 heteroatoms. The first-order valence-electron chi connectivity index (χ1n) is 10.5. The number of benzene rings is 3. The van der Waals surface area contributed by atoms with Crippen LogP contribution in [-0.4, -0.2) is 45.5 Å². The summed E-state index contributed by atoms with van der Waals surface area (Å²) in [4.78, 5) is 14.9. The van der Waals surface area contributed by atoms with Crippen LogP contribution in [0.2, 0.25) is 0 Å². The molecule has 3 N–H and O–H groups in total. The molecule has 0 atom stereocenters. The van der Waals surface area contributed by atoms with E-state index in [4.69, 9.17) is 0 Å². The Balaban J connectivity index is 1.39. The SMILES string of the molecule is c1nc(-c2ccc(N(c3ccc(-c4nc[nH]n4)cc3)c3ccc(-c4nc[nH]n4)cc3)cc2)n[nH]1. The minimum Gasteiger partial charge on any atom is -0.311 e. The molecule has 0 spiro atoms. The van der Waals surface area contributed by atoms with Crippen molar-refractivity contribution in [3.8, 4) is 34.2 Å². The summed E-state index contributed by atoms with van der Waals surface area (Å²) in [6, 6.07) is 24.4. The second-order valence-electron chi connectivity index (χ2n) is 7.44. The molecule has 3 heterocycles. The van der Waals surface area contributed by atoms with Gasteiger partial charge in [0, 0.05) is 33.8 Å².